The highest BCUT2D eigenvalue weighted by Crippen LogP contribution is 2.11. The van der Waals surface area contributed by atoms with Crippen LogP contribution in [0.2, 0.25) is 0 Å². The number of oxime groups is 1. The van der Waals surface area contributed by atoms with Crippen molar-refractivity contribution in [1.29, 1.82) is 5.26 Å². The third-order valence-corrected chi connectivity index (χ3v) is 2.88. The molecule has 0 unspecified atom stereocenters. The van der Waals surface area contributed by atoms with Gasteiger partial charge in [0.25, 0.3) is 0 Å². The van der Waals surface area contributed by atoms with Crippen molar-refractivity contribution >= 4 is 6.21 Å². The highest BCUT2D eigenvalue weighted by atomic mass is 16.6. The molecule has 4 nitrogen and oxygen atoms in total. The van der Waals surface area contributed by atoms with E-state index in [1.54, 1.807) is 18.4 Å². The molecule has 0 aliphatic carbocycles. The van der Waals surface area contributed by atoms with Crippen LogP contribution in [0.3, 0.4) is 0 Å². The van der Waals surface area contributed by atoms with E-state index in [-0.39, 0.29) is 6.61 Å². The highest BCUT2D eigenvalue weighted by molar-refractivity contribution is 5.79. The molecule has 0 aromatic heterocycles. The first kappa shape index (κ1) is 15.3. The summed E-state index contributed by atoms with van der Waals surface area (Å²) in [6, 6.07) is 16.9. The lowest BCUT2D eigenvalue weighted by molar-refractivity contribution is 0.132. The van der Waals surface area contributed by atoms with Gasteiger partial charge in [-0.15, -0.1) is 0 Å². The van der Waals surface area contributed by atoms with Crippen molar-refractivity contribution in [3.8, 4) is 11.8 Å². The molecule has 0 saturated carbocycles. The van der Waals surface area contributed by atoms with Gasteiger partial charge < -0.3 is 9.57 Å². The third kappa shape index (κ3) is 4.50. The van der Waals surface area contributed by atoms with Crippen LogP contribution in [-0.4, -0.2) is 12.8 Å². The van der Waals surface area contributed by atoms with Gasteiger partial charge in [0.1, 0.15) is 19.0 Å². The summed E-state index contributed by atoms with van der Waals surface area (Å²) < 4.78 is 5.39. The molecule has 0 radical (unpaired) electrons. The Balaban J connectivity index is 1.87. The van der Waals surface area contributed by atoms with Crippen LogP contribution in [-0.2, 0) is 11.4 Å². The van der Waals surface area contributed by atoms with Gasteiger partial charge in [-0.05, 0) is 35.9 Å². The maximum atomic E-state index is 8.98. The van der Waals surface area contributed by atoms with Crippen molar-refractivity contribution < 1.29 is 9.57 Å². The molecule has 0 fully saturated rings. The molecule has 110 valence electrons. The normalized spacial score (nSPS) is 10.1. The molecule has 0 bridgehead atoms. The van der Waals surface area contributed by atoms with E-state index >= 15 is 0 Å². The number of nitriles is 1. The van der Waals surface area contributed by atoms with E-state index in [1.807, 2.05) is 42.5 Å². The Kier molecular flexibility index (Phi) is 5.77. The number of nitrogens with zero attached hydrogens (tertiary/aromatic N) is 2. The third-order valence-electron chi connectivity index (χ3n) is 2.88. The van der Waals surface area contributed by atoms with Crippen molar-refractivity contribution in [1.82, 2.24) is 0 Å². The summed E-state index contributed by atoms with van der Waals surface area (Å²) in [6.45, 7) is 4.34. The van der Waals surface area contributed by atoms with Crippen LogP contribution in [0.15, 0.2) is 66.3 Å². The first-order chi connectivity index (χ1) is 10.8. The monoisotopic (exact) mass is 292 g/mol. The van der Waals surface area contributed by atoms with Crippen molar-refractivity contribution in [2.75, 3.05) is 6.61 Å². The smallest absolute Gasteiger partial charge is 0.143 e. The van der Waals surface area contributed by atoms with Gasteiger partial charge in [-0.2, -0.15) is 5.26 Å². The molecule has 0 aliphatic rings. The van der Waals surface area contributed by atoms with Crippen LogP contribution >= 0.6 is 0 Å². The van der Waals surface area contributed by atoms with Gasteiger partial charge >= 0.3 is 0 Å². The van der Waals surface area contributed by atoms with Gasteiger partial charge in [0.2, 0.25) is 0 Å². The molecular weight excluding hydrogens is 276 g/mol. The first-order valence-electron chi connectivity index (χ1n) is 6.80. The Morgan fingerprint density at radius 1 is 1.14 bits per heavy atom. The molecule has 0 amide bonds. The Labute approximate surface area is 129 Å². The molecule has 2 rings (SSSR count). The second kappa shape index (κ2) is 8.28. The number of rotatable bonds is 7. The highest BCUT2D eigenvalue weighted by Gasteiger charge is 2.00. The summed E-state index contributed by atoms with van der Waals surface area (Å²) in [7, 11) is 0. The summed E-state index contributed by atoms with van der Waals surface area (Å²) in [5, 5.41) is 12.9. The minimum atomic E-state index is 0.265. The zero-order valence-corrected chi connectivity index (χ0v) is 12.1. The minimum absolute atomic E-state index is 0.265. The molecule has 2 aromatic carbocycles. The van der Waals surface area contributed by atoms with Crippen LogP contribution in [0.1, 0.15) is 16.7 Å². The molecule has 0 N–H and O–H groups in total. The van der Waals surface area contributed by atoms with Gasteiger partial charge in [-0.3, -0.25) is 0 Å². The average molecular weight is 292 g/mol. The molecule has 0 heterocycles. The van der Waals surface area contributed by atoms with Crippen molar-refractivity contribution in [3.05, 3.63) is 77.9 Å². The molecule has 4 heteroatoms. The van der Waals surface area contributed by atoms with Crippen molar-refractivity contribution in [3.63, 3.8) is 0 Å². The number of ether oxygens (including phenoxy) is 1. The zero-order chi connectivity index (χ0) is 15.6. The Morgan fingerprint density at radius 2 is 1.91 bits per heavy atom. The standard InChI is InChI=1S/C18H16N2O2/c1-2-11-21-18-9-7-15(8-10-18)13-20-22-14-17-6-4-3-5-16(17)12-19/h2-10,13H,1,11,14H2/b20-13-. The lowest BCUT2D eigenvalue weighted by atomic mass is 10.1. The lowest BCUT2D eigenvalue weighted by Gasteiger charge is -2.03. The second-order valence-electron chi connectivity index (χ2n) is 4.45. The van der Waals surface area contributed by atoms with Gasteiger partial charge in [0.05, 0.1) is 17.8 Å². The van der Waals surface area contributed by atoms with Crippen LogP contribution < -0.4 is 4.74 Å². The predicted molar refractivity (Wildman–Crippen MR) is 85.7 cm³/mol. The van der Waals surface area contributed by atoms with Crippen molar-refractivity contribution in [2.45, 2.75) is 6.61 Å². The summed E-state index contributed by atoms with van der Waals surface area (Å²) in [4.78, 5) is 5.24. The van der Waals surface area contributed by atoms with Gasteiger partial charge in [0.15, 0.2) is 0 Å². The van der Waals surface area contributed by atoms with Gasteiger partial charge in [0, 0.05) is 5.56 Å². The van der Waals surface area contributed by atoms with E-state index < -0.39 is 0 Å². The maximum Gasteiger partial charge on any atom is 0.143 e. The maximum absolute atomic E-state index is 8.98. The molecule has 0 atom stereocenters. The van der Waals surface area contributed by atoms with Gasteiger partial charge in [-0.1, -0.05) is 36.0 Å². The van der Waals surface area contributed by atoms with E-state index in [2.05, 4.69) is 17.8 Å². The lowest BCUT2D eigenvalue weighted by Crippen LogP contribution is -1.93. The SMILES string of the molecule is C=CCOc1ccc(/C=N\OCc2ccccc2C#N)cc1. The summed E-state index contributed by atoms with van der Waals surface area (Å²) in [5.74, 6) is 0.779. The molecule has 0 aliphatic heterocycles. The average Bonchev–Trinajstić information content (AvgIpc) is 2.58. The fourth-order valence-electron chi connectivity index (χ4n) is 1.77. The Morgan fingerprint density at radius 3 is 2.64 bits per heavy atom. The second-order valence-corrected chi connectivity index (χ2v) is 4.45. The fraction of sp³-hybridized carbons (Fsp3) is 0.111. The largest absolute Gasteiger partial charge is 0.490 e. The van der Waals surface area contributed by atoms with Crippen LogP contribution in [0.4, 0.5) is 0 Å². The number of benzene rings is 2. The van der Waals surface area contributed by atoms with E-state index in [1.165, 1.54) is 0 Å². The Bertz CT molecular complexity index is 685. The molecular formula is C18H16N2O2. The molecule has 0 saturated heterocycles. The minimum Gasteiger partial charge on any atom is -0.490 e. The molecule has 0 spiro atoms. The zero-order valence-electron chi connectivity index (χ0n) is 12.1. The van der Waals surface area contributed by atoms with Gasteiger partial charge in [-0.25, -0.2) is 0 Å². The van der Waals surface area contributed by atoms with E-state index in [4.69, 9.17) is 14.8 Å². The van der Waals surface area contributed by atoms with E-state index in [0.717, 1.165) is 16.9 Å². The van der Waals surface area contributed by atoms with Crippen LogP contribution in [0.25, 0.3) is 0 Å². The number of hydrogen-bond acceptors (Lipinski definition) is 4. The summed E-state index contributed by atoms with van der Waals surface area (Å²) >= 11 is 0. The number of hydrogen-bond donors (Lipinski definition) is 0. The summed E-state index contributed by atoms with van der Waals surface area (Å²) in [6.07, 6.45) is 3.31. The topological polar surface area (TPSA) is 54.6 Å². The van der Waals surface area contributed by atoms with E-state index in [0.29, 0.717) is 12.2 Å². The predicted octanol–water partition coefficient (Wildman–Crippen LogP) is 3.67. The quantitative estimate of drug-likeness (QED) is 0.444. The van der Waals surface area contributed by atoms with Crippen molar-refractivity contribution in [2.24, 2.45) is 5.16 Å². The van der Waals surface area contributed by atoms with Crippen LogP contribution in [0, 0.1) is 11.3 Å². The van der Waals surface area contributed by atoms with Crippen LogP contribution in [0.5, 0.6) is 5.75 Å². The van der Waals surface area contributed by atoms with E-state index in [9.17, 15) is 0 Å². The molecule has 2 aromatic rings. The fourth-order valence-corrected chi connectivity index (χ4v) is 1.77. The molecule has 22 heavy (non-hydrogen) atoms. The Hall–Kier alpha value is -3.06. The first-order valence-corrected chi connectivity index (χ1v) is 6.80. The summed E-state index contributed by atoms with van der Waals surface area (Å²) in [5.41, 5.74) is 2.32.